The molecule has 2 aromatic heterocycles. The molecule has 0 saturated heterocycles. The molecule has 0 amide bonds. The molecule has 0 unspecified atom stereocenters. The molecule has 0 radical (unpaired) electrons. The van der Waals surface area contributed by atoms with Gasteiger partial charge in [-0.1, -0.05) is 33.6 Å². The first-order valence-electron chi connectivity index (χ1n) is 8.52. The number of benzene rings is 2. The van der Waals surface area contributed by atoms with Crippen LogP contribution in [-0.4, -0.2) is 39.3 Å². The van der Waals surface area contributed by atoms with Crippen LogP contribution in [0.1, 0.15) is 5.82 Å². The maximum absolute atomic E-state index is 12.4. The minimum absolute atomic E-state index is 0.228. The van der Waals surface area contributed by atoms with Gasteiger partial charge < -0.3 is 9.64 Å². The standard InChI is InChI=1S/C19H14BrClFN5O2/c1-26(13-4-2-3-11(20)7-13)18-14-6-5-12(21)8-15(14)27-16(10-29-17(28)9-22)24-25-19(27)23-18/h2-8H,9-10H2,1H3. The fraction of sp³-hybridized carbons (Fsp3) is 0.158. The third-order valence-corrected chi connectivity index (χ3v) is 5.07. The Hall–Kier alpha value is -2.78. The molecule has 0 aliphatic rings. The van der Waals surface area contributed by atoms with Crippen LogP contribution in [0, 0.1) is 0 Å². The lowest BCUT2D eigenvalue weighted by molar-refractivity contribution is -0.146. The summed E-state index contributed by atoms with van der Waals surface area (Å²) in [4.78, 5) is 17.8. The summed E-state index contributed by atoms with van der Waals surface area (Å²) in [5.74, 6) is 0.311. The highest BCUT2D eigenvalue weighted by molar-refractivity contribution is 9.10. The molecule has 0 fully saturated rings. The largest absolute Gasteiger partial charge is 0.455 e. The number of hydrogen-bond acceptors (Lipinski definition) is 6. The third-order valence-electron chi connectivity index (χ3n) is 4.35. The molecule has 0 spiro atoms. The molecular formula is C19H14BrClFN5O2. The number of ether oxygens (including phenoxy) is 1. The maximum Gasteiger partial charge on any atom is 0.337 e. The lowest BCUT2D eigenvalue weighted by Gasteiger charge is -2.21. The Morgan fingerprint density at radius 2 is 2.10 bits per heavy atom. The van der Waals surface area contributed by atoms with E-state index in [-0.39, 0.29) is 6.61 Å². The first-order chi connectivity index (χ1) is 14.0. The van der Waals surface area contributed by atoms with E-state index in [1.807, 2.05) is 42.3 Å². The Kier molecular flexibility index (Phi) is 5.33. The van der Waals surface area contributed by atoms with Gasteiger partial charge in [0.1, 0.15) is 5.82 Å². The number of carbonyl (C=O) groups is 1. The Morgan fingerprint density at radius 1 is 1.28 bits per heavy atom. The summed E-state index contributed by atoms with van der Waals surface area (Å²) < 4.78 is 19.9. The van der Waals surface area contributed by atoms with Crippen LogP contribution < -0.4 is 4.90 Å². The number of anilines is 2. The monoisotopic (exact) mass is 477 g/mol. The van der Waals surface area contributed by atoms with Gasteiger partial charge in [0.25, 0.3) is 5.78 Å². The molecule has 0 saturated carbocycles. The lowest BCUT2D eigenvalue weighted by Crippen LogP contribution is -2.14. The molecule has 7 nitrogen and oxygen atoms in total. The van der Waals surface area contributed by atoms with Gasteiger partial charge in [-0.05, 0) is 36.4 Å². The van der Waals surface area contributed by atoms with E-state index in [2.05, 4.69) is 31.1 Å². The number of fused-ring (bicyclic) bond motifs is 3. The van der Waals surface area contributed by atoms with Gasteiger partial charge in [0.15, 0.2) is 19.1 Å². The van der Waals surface area contributed by atoms with Crippen molar-refractivity contribution in [1.82, 2.24) is 19.6 Å². The van der Waals surface area contributed by atoms with E-state index in [0.29, 0.717) is 28.0 Å². The second-order valence-corrected chi connectivity index (χ2v) is 7.53. The van der Waals surface area contributed by atoms with E-state index < -0.39 is 12.6 Å². The zero-order valence-electron chi connectivity index (χ0n) is 15.1. The number of hydrogen-bond donors (Lipinski definition) is 0. The summed E-state index contributed by atoms with van der Waals surface area (Å²) in [7, 11) is 1.90. The van der Waals surface area contributed by atoms with E-state index in [9.17, 15) is 9.18 Å². The topological polar surface area (TPSA) is 72.6 Å². The highest BCUT2D eigenvalue weighted by Crippen LogP contribution is 2.32. The van der Waals surface area contributed by atoms with Gasteiger partial charge in [-0.3, -0.25) is 4.40 Å². The average Bonchev–Trinajstić information content (AvgIpc) is 3.14. The molecule has 0 aliphatic heterocycles. The van der Waals surface area contributed by atoms with Crippen LogP contribution in [0.3, 0.4) is 0 Å². The van der Waals surface area contributed by atoms with Crippen molar-refractivity contribution < 1.29 is 13.9 Å². The van der Waals surface area contributed by atoms with Gasteiger partial charge in [-0.25, -0.2) is 9.18 Å². The van der Waals surface area contributed by atoms with Gasteiger partial charge >= 0.3 is 5.97 Å². The molecule has 148 valence electrons. The molecule has 0 atom stereocenters. The minimum Gasteiger partial charge on any atom is -0.455 e. The van der Waals surface area contributed by atoms with Crippen molar-refractivity contribution >= 4 is 61.7 Å². The average molecular weight is 479 g/mol. The van der Waals surface area contributed by atoms with Crippen molar-refractivity contribution in [2.24, 2.45) is 0 Å². The number of halogens is 3. The van der Waals surface area contributed by atoms with Gasteiger partial charge in [-0.15, -0.1) is 10.2 Å². The summed E-state index contributed by atoms with van der Waals surface area (Å²) in [5.41, 5.74) is 1.61. The molecule has 2 heterocycles. The predicted molar refractivity (Wildman–Crippen MR) is 111 cm³/mol. The van der Waals surface area contributed by atoms with Crippen LogP contribution in [0.15, 0.2) is 46.9 Å². The van der Waals surface area contributed by atoms with Crippen LogP contribution in [0.5, 0.6) is 0 Å². The molecule has 0 N–H and O–H groups in total. The van der Waals surface area contributed by atoms with Crippen molar-refractivity contribution in [2.45, 2.75) is 6.61 Å². The normalized spacial score (nSPS) is 11.2. The third kappa shape index (κ3) is 3.75. The number of rotatable bonds is 5. The highest BCUT2D eigenvalue weighted by atomic mass is 79.9. The molecule has 2 aromatic carbocycles. The first-order valence-corrected chi connectivity index (χ1v) is 9.69. The second-order valence-electron chi connectivity index (χ2n) is 6.18. The summed E-state index contributed by atoms with van der Waals surface area (Å²) in [5, 5.41) is 9.45. The molecule has 0 aliphatic carbocycles. The quantitative estimate of drug-likeness (QED) is 0.394. The smallest absolute Gasteiger partial charge is 0.337 e. The van der Waals surface area contributed by atoms with E-state index in [1.165, 1.54) is 0 Å². The van der Waals surface area contributed by atoms with E-state index in [1.54, 1.807) is 16.5 Å². The van der Waals surface area contributed by atoms with Gasteiger partial charge in [-0.2, -0.15) is 4.98 Å². The number of carbonyl (C=O) groups excluding carboxylic acids is 1. The predicted octanol–water partition coefficient (Wildman–Crippen LogP) is 4.47. The maximum atomic E-state index is 12.4. The molecular weight excluding hydrogens is 465 g/mol. The fourth-order valence-electron chi connectivity index (χ4n) is 3.00. The Morgan fingerprint density at radius 3 is 2.86 bits per heavy atom. The van der Waals surface area contributed by atoms with Crippen LogP contribution >= 0.6 is 27.5 Å². The first kappa shape index (κ1) is 19.5. The minimum atomic E-state index is -1.21. The van der Waals surface area contributed by atoms with Crippen LogP contribution in [0.2, 0.25) is 5.02 Å². The molecule has 4 aromatic rings. The summed E-state index contributed by atoms with van der Waals surface area (Å²) in [6, 6.07) is 13.2. The van der Waals surface area contributed by atoms with E-state index >= 15 is 0 Å². The molecule has 4 rings (SSSR count). The van der Waals surface area contributed by atoms with Gasteiger partial charge in [0.2, 0.25) is 0 Å². The zero-order valence-corrected chi connectivity index (χ0v) is 17.5. The van der Waals surface area contributed by atoms with Crippen molar-refractivity contribution in [3.8, 4) is 0 Å². The van der Waals surface area contributed by atoms with E-state index in [4.69, 9.17) is 16.3 Å². The summed E-state index contributed by atoms with van der Waals surface area (Å²) >= 11 is 9.71. The highest BCUT2D eigenvalue weighted by Gasteiger charge is 2.18. The summed E-state index contributed by atoms with van der Waals surface area (Å²) in [6.45, 7) is -1.43. The molecule has 10 heteroatoms. The number of alkyl halides is 1. The van der Waals surface area contributed by atoms with E-state index in [0.717, 1.165) is 15.5 Å². The van der Waals surface area contributed by atoms with Crippen molar-refractivity contribution in [3.05, 3.63) is 57.8 Å². The number of esters is 1. The lowest BCUT2D eigenvalue weighted by atomic mass is 10.2. The van der Waals surface area contributed by atoms with Gasteiger partial charge in [0, 0.05) is 27.6 Å². The van der Waals surface area contributed by atoms with Crippen LogP contribution in [-0.2, 0) is 16.1 Å². The second kappa shape index (κ2) is 7.92. The number of nitrogens with zero attached hydrogens (tertiary/aromatic N) is 5. The van der Waals surface area contributed by atoms with Gasteiger partial charge in [0.05, 0.1) is 5.52 Å². The molecule has 0 bridgehead atoms. The number of aromatic nitrogens is 4. The Labute approximate surface area is 178 Å². The fourth-order valence-corrected chi connectivity index (χ4v) is 3.55. The SMILES string of the molecule is CN(c1cccc(Br)c1)c1nc2nnc(COC(=O)CF)n2c2cc(Cl)ccc12. The zero-order chi connectivity index (χ0) is 20.5. The van der Waals surface area contributed by atoms with Crippen LogP contribution in [0.25, 0.3) is 16.7 Å². The Bertz CT molecular complexity index is 1230. The Balaban J connectivity index is 1.89. The van der Waals surface area contributed by atoms with Crippen LogP contribution in [0.4, 0.5) is 15.9 Å². The van der Waals surface area contributed by atoms with Crippen molar-refractivity contribution in [2.75, 3.05) is 18.6 Å². The summed E-state index contributed by atoms with van der Waals surface area (Å²) in [6.07, 6.45) is 0. The van der Waals surface area contributed by atoms with Crippen molar-refractivity contribution in [1.29, 1.82) is 0 Å². The molecule has 29 heavy (non-hydrogen) atoms. The van der Waals surface area contributed by atoms with Crippen molar-refractivity contribution in [3.63, 3.8) is 0 Å².